The van der Waals surface area contributed by atoms with Gasteiger partial charge in [0, 0.05) is 12.5 Å². The normalized spacial score (nSPS) is 20.2. The number of β-amino-alcohol motifs (C(OH)–C–C–N with tert-alkyl or cyclic N) is 1. The standard InChI is InChI=1S/C10H17NO/c1-2-3-10-4-6-11(7-5-10)8-9-12/h10,12H,4-9H2,1H3. The molecule has 0 bridgehead atoms. The second kappa shape index (κ2) is 5.18. The van der Waals surface area contributed by atoms with Crippen molar-refractivity contribution in [2.75, 3.05) is 26.2 Å². The summed E-state index contributed by atoms with van der Waals surface area (Å²) in [6, 6.07) is 0. The van der Waals surface area contributed by atoms with Crippen LogP contribution in [-0.2, 0) is 0 Å². The van der Waals surface area contributed by atoms with Crippen molar-refractivity contribution in [1.29, 1.82) is 0 Å². The topological polar surface area (TPSA) is 23.5 Å². The van der Waals surface area contributed by atoms with Crippen molar-refractivity contribution in [3.63, 3.8) is 0 Å². The van der Waals surface area contributed by atoms with Crippen molar-refractivity contribution in [2.45, 2.75) is 19.8 Å². The molecule has 1 heterocycles. The third kappa shape index (κ3) is 2.84. The molecule has 0 aromatic carbocycles. The van der Waals surface area contributed by atoms with Crippen LogP contribution < -0.4 is 0 Å². The monoisotopic (exact) mass is 167 g/mol. The van der Waals surface area contributed by atoms with Crippen LogP contribution in [0.3, 0.4) is 0 Å². The van der Waals surface area contributed by atoms with E-state index in [9.17, 15) is 0 Å². The third-order valence-electron chi connectivity index (χ3n) is 2.35. The molecule has 1 rings (SSSR count). The molecule has 0 radical (unpaired) electrons. The summed E-state index contributed by atoms with van der Waals surface area (Å²) in [6.45, 7) is 5.20. The lowest BCUT2D eigenvalue weighted by molar-refractivity contribution is 0.161. The van der Waals surface area contributed by atoms with E-state index >= 15 is 0 Å². The predicted octanol–water partition coefficient (Wildman–Crippen LogP) is 0.714. The fourth-order valence-electron chi connectivity index (χ4n) is 1.65. The Balaban J connectivity index is 2.23. The maximum atomic E-state index is 8.72. The quantitative estimate of drug-likeness (QED) is 0.612. The molecule has 0 aromatic rings. The summed E-state index contributed by atoms with van der Waals surface area (Å²) < 4.78 is 0. The van der Waals surface area contributed by atoms with Crippen molar-refractivity contribution in [1.82, 2.24) is 4.90 Å². The van der Waals surface area contributed by atoms with E-state index in [0.717, 1.165) is 19.6 Å². The van der Waals surface area contributed by atoms with Crippen molar-refractivity contribution in [3.8, 4) is 11.8 Å². The number of piperidine rings is 1. The Morgan fingerprint density at radius 1 is 1.42 bits per heavy atom. The summed E-state index contributed by atoms with van der Waals surface area (Å²) in [5.41, 5.74) is 0. The van der Waals surface area contributed by atoms with Gasteiger partial charge in [0.05, 0.1) is 6.61 Å². The number of nitrogens with zero attached hydrogens (tertiary/aromatic N) is 1. The predicted molar refractivity (Wildman–Crippen MR) is 49.7 cm³/mol. The third-order valence-corrected chi connectivity index (χ3v) is 2.35. The molecule has 0 aliphatic carbocycles. The van der Waals surface area contributed by atoms with Crippen molar-refractivity contribution in [2.24, 2.45) is 5.92 Å². The number of aliphatic hydroxyl groups is 1. The van der Waals surface area contributed by atoms with Crippen molar-refractivity contribution < 1.29 is 5.11 Å². The molecular formula is C10H17NO. The van der Waals surface area contributed by atoms with Gasteiger partial charge in [0.15, 0.2) is 0 Å². The number of hydrogen-bond acceptors (Lipinski definition) is 2. The zero-order valence-corrected chi connectivity index (χ0v) is 7.71. The van der Waals surface area contributed by atoms with Crippen LogP contribution in [0.5, 0.6) is 0 Å². The van der Waals surface area contributed by atoms with Crippen molar-refractivity contribution >= 4 is 0 Å². The van der Waals surface area contributed by atoms with Crippen LogP contribution in [-0.4, -0.2) is 36.2 Å². The molecule has 1 saturated heterocycles. The van der Waals surface area contributed by atoms with E-state index in [1.807, 2.05) is 6.92 Å². The first kappa shape index (κ1) is 9.57. The number of aliphatic hydroxyl groups excluding tert-OH is 1. The fraction of sp³-hybridized carbons (Fsp3) is 0.800. The van der Waals surface area contributed by atoms with E-state index in [2.05, 4.69) is 16.7 Å². The highest BCUT2D eigenvalue weighted by Crippen LogP contribution is 2.15. The highest BCUT2D eigenvalue weighted by molar-refractivity contribution is 5.02. The zero-order valence-electron chi connectivity index (χ0n) is 7.71. The average molecular weight is 167 g/mol. The van der Waals surface area contributed by atoms with E-state index in [1.54, 1.807) is 0 Å². The molecule has 0 amide bonds. The first-order chi connectivity index (χ1) is 5.86. The Labute approximate surface area is 74.6 Å². The Morgan fingerprint density at radius 2 is 2.08 bits per heavy atom. The van der Waals surface area contributed by atoms with Gasteiger partial charge in [-0.05, 0) is 32.9 Å². The molecule has 1 aliphatic rings. The Hall–Kier alpha value is -0.520. The van der Waals surface area contributed by atoms with Crippen LogP contribution in [0.2, 0.25) is 0 Å². The van der Waals surface area contributed by atoms with E-state index in [4.69, 9.17) is 5.11 Å². The second-order valence-corrected chi connectivity index (χ2v) is 3.23. The van der Waals surface area contributed by atoms with E-state index in [-0.39, 0.29) is 6.61 Å². The molecule has 68 valence electrons. The minimum Gasteiger partial charge on any atom is -0.395 e. The highest BCUT2D eigenvalue weighted by Gasteiger charge is 2.16. The SMILES string of the molecule is CC#CC1CCN(CCO)CC1. The van der Waals surface area contributed by atoms with Gasteiger partial charge in [-0.2, -0.15) is 0 Å². The van der Waals surface area contributed by atoms with E-state index < -0.39 is 0 Å². The Kier molecular flexibility index (Phi) is 4.13. The van der Waals surface area contributed by atoms with Crippen LogP contribution in [0.25, 0.3) is 0 Å². The maximum Gasteiger partial charge on any atom is 0.0558 e. The first-order valence-electron chi connectivity index (χ1n) is 4.62. The summed E-state index contributed by atoms with van der Waals surface area (Å²) in [5.74, 6) is 6.78. The first-order valence-corrected chi connectivity index (χ1v) is 4.62. The van der Waals surface area contributed by atoms with Gasteiger partial charge in [-0.1, -0.05) is 0 Å². The van der Waals surface area contributed by atoms with Crippen LogP contribution in [0, 0.1) is 17.8 Å². The molecule has 12 heavy (non-hydrogen) atoms. The molecule has 0 aromatic heterocycles. The van der Waals surface area contributed by atoms with E-state index in [1.165, 1.54) is 12.8 Å². The largest absolute Gasteiger partial charge is 0.395 e. The molecule has 0 unspecified atom stereocenters. The lowest BCUT2D eigenvalue weighted by atomic mass is 9.98. The summed E-state index contributed by atoms with van der Waals surface area (Å²) in [4.78, 5) is 2.30. The molecule has 1 aliphatic heterocycles. The Bertz CT molecular complexity index is 172. The van der Waals surface area contributed by atoms with Crippen LogP contribution in [0.1, 0.15) is 19.8 Å². The molecular weight excluding hydrogens is 150 g/mol. The minimum absolute atomic E-state index is 0.282. The van der Waals surface area contributed by atoms with Gasteiger partial charge < -0.3 is 10.0 Å². The van der Waals surface area contributed by atoms with Gasteiger partial charge >= 0.3 is 0 Å². The summed E-state index contributed by atoms with van der Waals surface area (Å²) in [5, 5.41) is 8.72. The summed E-state index contributed by atoms with van der Waals surface area (Å²) in [6.07, 6.45) is 2.34. The highest BCUT2D eigenvalue weighted by atomic mass is 16.3. The van der Waals surface area contributed by atoms with Gasteiger partial charge in [-0.25, -0.2) is 0 Å². The molecule has 0 spiro atoms. The number of rotatable bonds is 2. The molecule has 0 atom stereocenters. The zero-order chi connectivity index (χ0) is 8.81. The number of hydrogen-bond donors (Lipinski definition) is 1. The van der Waals surface area contributed by atoms with Crippen LogP contribution in [0.4, 0.5) is 0 Å². The lowest BCUT2D eigenvalue weighted by Gasteiger charge is -2.28. The smallest absolute Gasteiger partial charge is 0.0558 e. The minimum atomic E-state index is 0.282. The van der Waals surface area contributed by atoms with Gasteiger partial charge in [-0.15, -0.1) is 11.8 Å². The maximum absolute atomic E-state index is 8.72. The molecule has 0 saturated carbocycles. The molecule has 1 fully saturated rings. The fourth-order valence-corrected chi connectivity index (χ4v) is 1.65. The molecule has 2 nitrogen and oxygen atoms in total. The summed E-state index contributed by atoms with van der Waals surface area (Å²) >= 11 is 0. The van der Waals surface area contributed by atoms with Gasteiger partial charge in [0.25, 0.3) is 0 Å². The summed E-state index contributed by atoms with van der Waals surface area (Å²) in [7, 11) is 0. The van der Waals surface area contributed by atoms with Gasteiger partial charge in [0.2, 0.25) is 0 Å². The lowest BCUT2D eigenvalue weighted by Crippen LogP contribution is -2.35. The Morgan fingerprint density at radius 3 is 2.58 bits per heavy atom. The average Bonchev–Trinajstić information content (AvgIpc) is 2.09. The van der Waals surface area contributed by atoms with Crippen LogP contribution in [0.15, 0.2) is 0 Å². The van der Waals surface area contributed by atoms with E-state index in [0.29, 0.717) is 5.92 Å². The van der Waals surface area contributed by atoms with Gasteiger partial charge in [-0.3, -0.25) is 0 Å². The van der Waals surface area contributed by atoms with Gasteiger partial charge in [0.1, 0.15) is 0 Å². The second-order valence-electron chi connectivity index (χ2n) is 3.23. The number of likely N-dealkylation sites (tertiary alicyclic amines) is 1. The molecule has 1 N–H and O–H groups in total. The van der Waals surface area contributed by atoms with Crippen molar-refractivity contribution in [3.05, 3.63) is 0 Å². The molecule has 2 heteroatoms. The van der Waals surface area contributed by atoms with Crippen LogP contribution >= 0.6 is 0 Å².